The number of carboxylic acids is 1. The molecule has 1 amide bonds. The van der Waals surface area contributed by atoms with Crippen molar-refractivity contribution >= 4 is 21.7 Å². The number of nitrogens with zero attached hydrogens (tertiary/aromatic N) is 1. The highest BCUT2D eigenvalue weighted by atomic mass is 32.2. The number of sulfone groups is 1. The van der Waals surface area contributed by atoms with Gasteiger partial charge in [0.05, 0.1) is 24.0 Å². The van der Waals surface area contributed by atoms with Crippen molar-refractivity contribution in [2.45, 2.75) is 12.5 Å². The quantitative estimate of drug-likeness (QED) is 0.627. The number of rotatable bonds is 4. The number of carboxylic acid groups (broad SMARTS) is 1. The van der Waals surface area contributed by atoms with Crippen LogP contribution >= 0.6 is 0 Å². The van der Waals surface area contributed by atoms with E-state index in [-0.39, 0.29) is 36.9 Å². The maximum absolute atomic E-state index is 11.9. The molecule has 1 fully saturated rings. The van der Waals surface area contributed by atoms with Crippen LogP contribution in [0.4, 0.5) is 0 Å². The van der Waals surface area contributed by atoms with Crippen molar-refractivity contribution < 1.29 is 23.1 Å². The molecule has 0 saturated carbocycles. The number of hydrogen-bond acceptors (Lipinski definition) is 5. The van der Waals surface area contributed by atoms with Crippen LogP contribution in [0, 0.1) is 0 Å². The predicted molar refractivity (Wildman–Crippen MR) is 60.3 cm³/mol. The molecule has 1 atom stereocenters. The molecule has 1 heterocycles. The molecule has 17 heavy (non-hydrogen) atoms. The Bertz CT molecular complexity index is 392. The zero-order valence-electron chi connectivity index (χ0n) is 9.55. The molecular formula is C9H16N2O5S. The molecule has 1 saturated heterocycles. The van der Waals surface area contributed by atoms with Crippen molar-refractivity contribution in [3.05, 3.63) is 0 Å². The Morgan fingerprint density at radius 2 is 1.88 bits per heavy atom. The van der Waals surface area contributed by atoms with E-state index in [0.717, 1.165) is 0 Å². The van der Waals surface area contributed by atoms with Gasteiger partial charge in [-0.25, -0.2) is 8.42 Å². The van der Waals surface area contributed by atoms with Gasteiger partial charge in [-0.05, 0) is 7.05 Å². The summed E-state index contributed by atoms with van der Waals surface area (Å²) in [5.74, 6) is -1.53. The fraction of sp³-hybridized carbons (Fsp3) is 0.778. The molecule has 0 unspecified atom stereocenters. The van der Waals surface area contributed by atoms with Gasteiger partial charge in [0.15, 0.2) is 9.84 Å². The summed E-state index contributed by atoms with van der Waals surface area (Å²) in [6, 6.07) is -0.798. The topological polar surface area (TPSA) is 104 Å². The third kappa shape index (κ3) is 3.97. The molecule has 1 rings (SSSR count). The van der Waals surface area contributed by atoms with E-state index in [2.05, 4.69) is 5.32 Å². The minimum atomic E-state index is -3.04. The maximum Gasteiger partial charge on any atom is 0.305 e. The molecule has 1 aliphatic heterocycles. The lowest BCUT2D eigenvalue weighted by Crippen LogP contribution is -2.51. The Morgan fingerprint density at radius 1 is 1.35 bits per heavy atom. The molecule has 1 aliphatic rings. The largest absolute Gasteiger partial charge is 0.481 e. The van der Waals surface area contributed by atoms with Gasteiger partial charge in [0.25, 0.3) is 0 Å². The Hall–Kier alpha value is -1.15. The highest BCUT2D eigenvalue weighted by Gasteiger charge is 2.30. The summed E-state index contributed by atoms with van der Waals surface area (Å²) in [5.41, 5.74) is 0. The van der Waals surface area contributed by atoms with E-state index in [0.29, 0.717) is 0 Å². The van der Waals surface area contributed by atoms with E-state index in [1.165, 1.54) is 11.9 Å². The maximum atomic E-state index is 11.9. The molecule has 0 radical (unpaired) electrons. The van der Waals surface area contributed by atoms with Crippen LogP contribution < -0.4 is 5.32 Å². The summed E-state index contributed by atoms with van der Waals surface area (Å²) in [4.78, 5) is 23.8. The van der Waals surface area contributed by atoms with Gasteiger partial charge in [0.2, 0.25) is 5.91 Å². The van der Waals surface area contributed by atoms with E-state index < -0.39 is 21.8 Å². The second-order valence-corrected chi connectivity index (χ2v) is 6.22. The lowest BCUT2D eigenvalue weighted by Gasteiger charge is -2.29. The minimum absolute atomic E-state index is 0.0533. The molecule has 0 aromatic rings. The van der Waals surface area contributed by atoms with E-state index in [1.807, 2.05) is 0 Å². The van der Waals surface area contributed by atoms with Crippen molar-refractivity contribution in [3.63, 3.8) is 0 Å². The average Bonchev–Trinajstić information content (AvgIpc) is 2.24. The van der Waals surface area contributed by atoms with Crippen LogP contribution in [0.3, 0.4) is 0 Å². The molecule has 0 aliphatic carbocycles. The molecular weight excluding hydrogens is 248 g/mol. The predicted octanol–water partition coefficient (Wildman–Crippen LogP) is -1.69. The lowest BCUT2D eigenvalue weighted by molar-refractivity contribution is -0.142. The fourth-order valence-electron chi connectivity index (χ4n) is 1.64. The second kappa shape index (κ2) is 5.46. The van der Waals surface area contributed by atoms with Gasteiger partial charge in [-0.3, -0.25) is 9.59 Å². The van der Waals surface area contributed by atoms with Gasteiger partial charge in [0.1, 0.15) is 0 Å². The van der Waals surface area contributed by atoms with Crippen LogP contribution in [0.2, 0.25) is 0 Å². The standard InChI is InChI=1S/C9H16N2O5S/c1-10-7(6-8(12)13)9(14)11-2-4-17(15,16)5-3-11/h7,10H,2-6H2,1H3,(H,12,13)/t7-/m0/s1. The lowest BCUT2D eigenvalue weighted by atomic mass is 10.2. The highest BCUT2D eigenvalue weighted by molar-refractivity contribution is 7.91. The highest BCUT2D eigenvalue weighted by Crippen LogP contribution is 2.07. The SMILES string of the molecule is CN[C@@H](CC(=O)O)C(=O)N1CCS(=O)(=O)CC1. The van der Waals surface area contributed by atoms with E-state index in [9.17, 15) is 18.0 Å². The van der Waals surface area contributed by atoms with Crippen LogP contribution in [-0.4, -0.2) is 68.0 Å². The van der Waals surface area contributed by atoms with Crippen LogP contribution in [-0.2, 0) is 19.4 Å². The molecule has 0 spiro atoms. The monoisotopic (exact) mass is 264 g/mol. The zero-order chi connectivity index (χ0) is 13.1. The minimum Gasteiger partial charge on any atom is -0.481 e. The Balaban J connectivity index is 2.61. The van der Waals surface area contributed by atoms with E-state index >= 15 is 0 Å². The Labute approximate surface area is 99.7 Å². The van der Waals surface area contributed by atoms with Gasteiger partial charge in [-0.1, -0.05) is 0 Å². The zero-order valence-corrected chi connectivity index (χ0v) is 10.4. The summed E-state index contributed by atoms with van der Waals surface area (Å²) in [6.45, 7) is 0.276. The third-order valence-corrected chi connectivity index (χ3v) is 4.29. The van der Waals surface area contributed by atoms with Crippen molar-refractivity contribution in [1.29, 1.82) is 0 Å². The van der Waals surface area contributed by atoms with Gasteiger partial charge in [-0.15, -0.1) is 0 Å². The number of aliphatic carboxylic acids is 1. The summed E-state index contributed by atoms with van der Waals surface area (Å²) in [6.07, 6.45) is -0.307. The fourth-order valence-corrected chi connectivity index (χ4v) is 2.84. The number of amides is 1. The average molecular weight is 264 g/mol. The Morgan fingerprint density at radius 3 is 2.29 bits per heavy atom. The number of likely N-dealkylation sites (N-methyl/N-ethyl adjacent to an activating group) is 1. The van der Waals surface area contributed by atoms with Crippen LogP contribution in [0.25, 0.3) is 0 Å². The molecule has 98 valence electrons. The van der Waals surface area contributed by atoms with Gasteiger partial charge < -0.3 is 15.3 Å². The first-order chi connectivity index (χ1) is 7.85. The molecule has 0 aromatic carbocycles. The Kier molecular flexibility index (Phi) is 4.47. The molecule has 8 heteroatoms. The van der Waals surface area contributed by atoms with E-state index in [1.54, 1.807) is 0 Å². The van der Waals surface area contributed by atoms with Gasteiger partial charge in [-0.2, -0.15) is 0 Å². The molecule has 7 nitrogen and oxygen atoms in total. The first-order valence-corrected chi connectivity index (χ1v) is 7.06. The van der Waals surface area contributed by atoms with Gasteiger partial charge >= 0.3 is 5.97 Å². The summed E-state index contributed by atoms with van der Waals surface area (Å²) < 4.78 is 22.4. The van der Waals surface area contributed by atoms with Crippen molar-refractivity contribution in [1.82, 2.24) is 10.2 Å². The third-order valence-electron chi connectivity index (χ3n) is 2.68. The summed E-state index contributed by atoms with van der Waals surface area (Å²) >= 11 is 0. The number of hydrogen-bond donors (Lipinski definition) is 2. The molecule has 0 bridgehead atoms. The van der Waals surface area contributed by atoms with Crippen LogP contribution in [0.5, 0.6) is 0 Å². The normalized spacial score (nSPS) is 20.9. The smallest absolute Gasteiger partial charge is 0.305 e. The van der Waals surface area contributed by atoms with Crippen LogP contribution in [0.1, 0.15) is 6.42 Å². The number of carbonyl (C=O) groups is 2. The van der Waals surface area contributed by atoms with E-state index in [4.69, 9.17) is 5.11 Å². The summed E-state index contributed by atoms with van der Waals surface area (Å²) in [7, 11) is -1.53. The molecule has 2 N–H and O–H groups in total. The van der Waals surface area contributed by atoms with Gasteiger partial charge in [0, 0.05) is 13.1 Å². The first kappa shape index (κ1) is 13.9. The number of carbonyl (C=O) groups excluding carboxylic acids is 1. The molecule has 0 aromatic heterocycles. The summed E-state index contributed by atoms with van der Waals surface area (Å²) in [5, 5.41) is 11.3. The van der Waals surface area contributed by atoms with Crippen molar-refractivity contribution in [2.75, 3.05) is 31.6 Å². The number of nitrogens with one attached hydrogen (secondary N) is 1. The van der Waals surface area contributed by atoms with Crippen LogP contribution in [0.15, 0.2) is 0 Å². The second-order valence-electron chi connectivity index (χ2n) is 3.92. The van der Waals surface area contributed by atoms with Crippen molar-refractivity contribution in [2.24, 2.45) is 0 Å². The first-order valence-electron chi connectivity index (χ1n) is 5.24. The van der Waals surface area contributed by atoms with Crippen molar-refractivity contribution in [3.8, 4) is 0 Å².